The summed E-state index contributed by atoms with van der Waals surface area (Å²) in [5.74, 6) is 0. The normalized spacial score (nSPS) is 11.9. The Hall–Kier alpha value is -4.42. The highest BCUT2D eigenvalue weighted by Crippen LogP contribution is 2.30. The topological polar surface area (TPSA) is 0 Å². The predicted molar refractivity (Wildman–Crippen MR) is 146 cm³/mol. The first-order chi connectivity index (χ1) is 16.9. The van der Waals surface area contributed by atoms with Crippen molar-refractivity contribution in [1.29, 1.82) is 0 Å². The number of benzene rings is 5. The molecule has 0 radical (unpaired) electrons. The molecule has 0 aromatic heterocycles. The smallest absolute Gasteiger partial charge is 0.0105 e. The van der Waals surface area contributed by atoms with Gasteiger partial charge in [0, 0.05) is 0 Å². The van der Waals surface area contributed by atoms with E-state index in [1.807, 2.05) is 0 Å². The van der Waals surface area contributed by atoms with Crippen molar-refractivity contribution in [3.05, 3.63) is 179 Å². The second kappa shape index (κ2) is 10.5. The Morgan fingerprint density at radius 2 is 0.559 bits per heavy atom. The second-order valence-electron chi connectivity index (χ2n) is 8.25. The molecule has 0 unspecified atom stereocenters. The minimum Gasteiger partial charge on any atom is -0.0622 e. The molecule has 5 aromatic rings. The van der Waals surface area contributed by atoms with E-state index in [-0.39, 0.29) is 0 Å². The lowest BCUT2D eigenvalue weighted by Crippen LogP contribution is -1.92. The van der Waals surface area contributed by atoms with Gasteiger partial charge < -0.3 is 0 Å². The van der Waals surface area contributed by atoms with Gasteiger partial charge in [0.2, 0.25) is 0 Å². The van der Waals surface area contributed by atoms with Crippen LogP contribution in [-0.4, -0.2) is 0 Å². The van der Waals surface area contributed by atoms with E-state index in [0.717, 1.165) is 0 Å². The lowest BCUT2D eigenvalue weighted by atomic mass is 9.91. The van der Waals surface area contributed by atoms with Gasteiger partial charge in [-0.2, -0.15) is 0 Å². The Morgan fingerprint density at radius 3 is 0.882 bits per heavy atom. The van der Waals surface area contributed by atoms with Crippen molar-refractivity contribution in [3.8, 4) is 0 Å². The number of hydrogen-bond donors (Lipinski definition) is 0. The third-order valence-corrected chi connectivity index (χ3v) is 5.90. The SMILES string of the molecule is C(=C(c1ccccc1)c1ccc(C(=Cc2ccccc2)c2ccccc2)cc1)c1ccccc1. The molecule has 0 saturated carbocycles. The Balaban J connectivity index is 1.57. The molecule has 0 fully saturated rings. The van der Waals surface area contributed by atoms with Crippen LogP contribution in [0.15, 0.2) is 146 Å². The van der Waals surface area contributed by atoms with Gasteiger partial charge in [0.1, 0.15) is 0 Å². The lowest BCUT2D eigenvalue weighted by molar-refractivity contribution is 1.51. The van der Waals surface area contributed by atoms with Crippen molar-refractivity contribution in [2.45, 2.75) is 0 Å². The van der Waals surface area contributed by atoms with Crippen LogP contribution in [0.1, 0.15) is 33.4 Å². The van der Waals surface area contributed by atoms with Crippen LogP contribution in [-0.2, 0) is 0 Å². The van der Waals surface area contributed by atoms with Gasteiger partial charge in [-0.25, -0.2) is 0 Å². The van der Waals surface area contributed by atoms with E-state index in [9.17, 15) is 0 Å². The van der Waals surface area contributed by atoms with Crippen molar-refractivity contribution < 1.29 is 0 Å². The Labute approximate surface area is 202 Å². The first-order valence-corrected chi connectivity index (χ1v) is 11.6. The summed E-state index contributed by atoms with van der Waals surface area (Å²) < 4.78 is 0. The zero-order chi connectivity index (χ0) is 23.0. The van der Waals surface area contributed by atoms with Crippen LogP contribution < -0.4 is 0 Å². The molecule has 5 aromatic carbocycles. The molecule has 0 bridgehead atoms. The van der Waals surface area contributed by atoms with E-state index in [1.54, 1.807) is 0 Å². The summed E-state index contributed by atoms with van der Waals surface area (Å²) in [6, 6.07) is 51.2. The molecular formula is C34H26. The Morgan fingerprint density at radius 1 is 0.294 bits per heavy atom. The van der Waals surface area contributed by atoms with Gasteiger partial charge in [0.15, 0.2) is 0 Å². The fourth-order valence-corrected chi connectivity index (χ4v) is 4.16. The third-order valence-electron chi connectivity index (χ3n) is 5.90. The van der Waals surface area contributed by atoms with Crippen LogP contribution in [0, 0.1) is 0 Å². The van der Waals surface area contributed by atoms with E-state index in [1.165, 1.54) is 44.5 Å². The van der Waals surface area contributed by atoms with E-state index in [0.29, 0.717) is 0 Å². The van der Waals surface area contributed by atoms with Crippen LogP contribution in [0.25, 0.3) is 23.3 Å². The minimum absolute atomic E-state index is 1.19. The molecule has 0 heterocycles. The summed E-state index contributed by atoms with van der Waals surface area (Å²) in [6.45, 7) is 0. The lowest BCUT2D eigenvalue weighted by Gasteiger charge is -2.13. The minimum atomic E-state index is 1.19. The highest BCUT2D eigenvalue weighted by atomic mass is 14.1. The summed E-state index contributed by atoms with van der Waals surface area (Å²) in [4.78, 5) is 0. The Kier molecular flexibility index (Phi) is 6.59. The summed E-state index contributed by atoms with van der Waals surface area (Å²) in [7, 11) is 0. The average molecular weight is 435 g/mol. The van der Waals surface area contributed by atoms with Crippen LogP contribution in [0.5, 0.6) is 0 Å². The van der Waals surface area contributed by atoms with Crippen molar-refractivity contribution in [3.63, 3.8) is 0 Å². The summed E-state index contributed by atoms with van der Waals surface area (Å²) in [6.07, 6.45) is 4.53. The van der Waals surface area contributed by atoms with Crippen molar-refractivity contribution in [1.82, 2.24) is 0 Å². The maximum absolute atomic E-state index is 2.27. The monoisotopic (exact) mass is 434 g/mol. The molecule has 0 aliphatic heterocycles. The van der Waals surface area contributed by atoms with Gasteiger partial charge in [-0.15, -0.1) is 0 Å². The van der Waals surface area contributed by atoms with Crippen LogP contribution in [0.4, 0.5) is 0 Å². The van der Waals surface area contributed by atoms with Gasteiger partial charge >= 0.3 is 0 Å². The summed E-state index contributed by atoms with van der Waals surface area (Å²) >= 11 is 0. The highest BCUT2D eigenvalue weighted by Gasteiger charge is 2.09. The summed E-state index contributed by atoms with van der Waals surface area (Å²) in [5, 5.41) is 0. The number of hydrogen-bond acceptors (Lipinski definition) is 0. The van der Waals surface area contributed by atoms with Gasteiger partial charge in [0.25, 0.3) is 0 Å². The molecule has 0 aliphatic carbocycles. The van der Waals surface area contributed by atoms with E-state index in [2.05, 4.69) is 158 Å². The molecule has 5 rings (SSSR count). The Bertz CT molecular complexity index is 1270. The predicted octanol–water partition coefficient (Wildman–Crippen LogP) is 8.86. The zero-order valence-corrected chi connectivity index (χ0v) is 19.0. The van der Waals surface area contributed by atoms with Gasteiger partial charge in [-0.3, -0.25) is 0 Å². The molecule has 162 valence electrons. The van der Waals surface area contributed by atoms with Crippen molar-refractivity contribution >= 4 is 23.3 Å². The largest absolute Gasteiger partial charge is 0.0622 e. The molecule has 0 saturated heterocycles. The molecule has 0 heteroatoms. The van der Waals surface area contributed by atoms with Crippen LogP contribution in [0.2, 0.25) is 0 Å². The van der Waals surface area contributed by atoms with Gasteiger partial charge in [-0.05, 0) is 56.7 Å². The molecule has 0 aliphatic rings. The van der Waals surface area contributed by atoms with Crippen molar-refractivity contribution in [2.75, 3.05) is 0 Å². The maximum atomic E-state index is 2.27. The number of rotatable bonds is 6. The standard InChI is InChI=1S/C34H26/c1-5-13-27(14-6-1)25-33(29-17-9-3-10-18-29)31-21-23-32(24-22-31)34(30-19-11-4-12-20-30)26-28-15-7-2-8-16-28/h1-26H. The molecule has 0 spiro atoms. The fourth-order valence-electron chi connectivity index (χ4n) is 4.16. The van der Waals surface area contributed by atoms with Crippen LogP contribution in [0.3, 0.4) is 0 Å². The van der Waals surface area contributed by atoms with Crippen LogP contribution >= 0.6 is 0 Å². The third kappa shape index (κ3) is 5.14. The first-order valence-electron chi connectivity index (χ1n) is 11.6. The molecule has 0 N–H and O–H groups in total. The average Bonchev–Trinajstić information content (AvgIpc) is 2.93. The molecule has 34 heavy (non-hydrogen) atoms. The molecule has 0 amide bonds. The highest BCUT2D eigenvalue weighted by molar-refractivity contribution is 5.94. The maximum Gasteiger partial charge on any atom is -0.0105 e. The van der Waals surface area contributed by atoms with E-state index >= 15 is 0 Å². The first kappa shape index (κ1) is 21.4. The molecule has 0 nitrogen and oxygen atoms in total. The van der Waals surface area contributed by atoms with E-state index in [4.69, 9.17) is 0 Å². The van der Waals surface area contributed by atoms with Gasteiger partial charge in [0.05, 0.1) is 0 Å². The fraction of sp³-hybridized carbons (Fsp3) is 0. The zero-order valence-electron chi connectivity index (χ0n) is 19.0. The van der Waals surface area contributed by atoms with E-state index < -0.39 is 0 Å². The summed E-state index contributed by atoms with van der Waals surface area (Å²) in [5.41, 5.74) is 9.64. The molecular weight excluding hydrogens is 408 g/mol. The second-order valence-corrected chi connectivity index (χ2v) is 8.25. The van der Waals surface area contributed by atoms with Crippen molar-refractivity contribution in [2.24, 2.45) is 0 Å². The quantitative estimate of drug-likeness (QED) is 0.234. The molecule has 0 atom stereocenters. The van der Waals surface area contributed by atoms with Gasteiger partial charge in [-0.1, -0.05) is 146 Å².